The summed E-state index contributed by atoms with van der Waals surface area (Å²) < 4.78 is 5.89. The number of amides is 1. The number of allylic oxidation sites excluding steroid dienone is 10. The van der Waals surface area contributed by atoms with E-state index in [1.54, 1.807) is 0 Å². The van der Waals surface area contributed by atoms with Gasteiger partial charge in [0.2, 0.25) is 5.91 Å². The Morgan fingerprint density at radius 2 is 0.932 bits per heavy atom. The summed E-state index contributed by atoms with van der Waals surface area (Å²) in [4.78, 5) is 26.0. The number of aliphatic hydroxyl groups is 2. The number of esters is 1. The zero-order chi connectivity index (χ0) is 43.1. The molecule has 0 aromatic heterocycles. The van der Waals surface area contributed by atoms with Crippen LogP contribution in [0.4, 0.5) is 0 Å². The Balaban J connectivity index is 4.52. The van der Waals surface area contributed by atoms with Crippen molar-refractivity contribution in [2.24, 2.45) is 0 Å². The Morgan fingerprint density at radius 3 is 1.46 bits per heavy atom. The van der Waals surface area contributed by atoms with Crippen LogP contribution in [-0.4, -0.2) is 46.9 Å². The van der Waals surface area contributed by atoms with Crippen molar-refractivity contribution in [3.05, 3.63) is 60.8 Å². The Kier molecular flexibility index (Phi) is 44.7. The number of nitrogens with one attached hydrogen (secondary N) is 1. The number of aliphatic hydroxyl groups excluding tert-OH is 2. The molecule has 0 spiro atoms. The molecule has 342 valence electrons. The molecule has 0 aliphatic carbocycles. The molecule has 3 unspecified atom stereocenters. The van der Waals surface area contributed by atoms with Gasteiger partial charge in [-0.25, -0.2) is 0 Å². The molecule has 6 heteroatoms. The van der Waals surface area contributed by atoms with Gasteiger partial charge in [-0.05, 0) is 83.5 Å². The third-order valence-corrected chi connectivity index (χ3v) is 11.1. The van der Waals surface area contributed by atoms with Crippen molar-refractivity contribution in [2.75, 3.05) is 6.61 Å². The highest BCUT2D eigenvalue weighted by Crippen LogP contribution is 2.17. The number of carbonyl (C=O) groups excluding carboxylic acids is 2. The minimum atomic E-state index is -0.797. The summed E-state index contributed by atoms with van der Waals surface area (Å²) in [7, 11) is 0. The molecule has 0 radical (unpaired) electrons. The number of hydrogen-bond acceptors (Lipinski definition) is 5. The molecular weight excluding hydrogens is 731 g/mol. The van der Waals surface area contributed by atoms with Crippen LogP contribution in [0.3, 0.4) is 0 Å². The highest BCUT2D eigenvalue weighted by Gasteiger charge is 2.24. The van der Waals surface area contributed by atoms with Crippen molar-refractivity contribution >= 4 is 11.9 Å². The van der Waals surface area contributed by atoms with Gasteiger partial charge >= 0.3 is 5.97 Å². The summed E-state index contributed by atoms with van der Waals surface area (Å²) in [6.45, 7) is 6.31. The first kappa shape index (κ1) is 56.6. The second kappa shape index (κ2) is 46.6. The molecule has 3 atom stereocenters. The van der Waals surface area contributed by atoms with Crippen molar-refractivity contribution in [1.82, 2.24) is 5.32 Å². The first-order chi connectivity index (χ1) is 29.0. The number of ether oxygens (including phenoxy) is 1. The fourth-order valence-corrected chi connectivity index (χ4v) is 7.28. The molecule has 0 bridgehead atoms. The van der Waals surface area contributed by atoms with E-state index in [9.17, 15) is 19.8 Å². The molecule has 3 N–H and O–H groups in total. The second-order valence-electron chi connectivity index (χ2n) is 16.8. The molecule has 0 fully saturated rings. The van der Waals surface area contributed by atoms with E-state index in [1.165, 1.54) is 89.9 Å². The van der Waals surface area contributed by atoms with Crippen LogP contribution in [0.2, 0.25) is 0 Å². The minimum absolute atomic E-state index is 0.0523. The van der Waals surface area contributed by atoms with Crippen LogP contribution in [0.15, 0.2) is 60.8 Å². The highest BCUT2D eigenvalue weighted by atomic mass is 16.5. The fraction of sp³-hybridized carbons (Fsp3) is 0.774. The average Bonchev–Trinajstić information content (AvgIpc) is 3.23. The monoisotopic (exact) mass is 826 g/mol. The number of carbonyl (C=O) groups is 2. The Labute approximate surface area is 365 Å². The molecule has 59 heavy (non-hydrogen) atoms. The first-order valence-corrected chi connectivity index (χ1v) is 25.0. The van der Waals surface area contributed by atoms with Crippen molar-refractivity contribution in [2.45, 2.75) is 257 Å². The molecule has 0 aromatic carbocycles. The lowest BCUT2D eigenvalue weighted by molar-refractivity contribution is -0.151. The lowest BCUT2D eigenvalue weighted by Gasteiger charge is -2.24. The van der Waals surface area contributed by atoms with Crippen molar-refractivity contribution in [1.29, 1.82) is 0 Å². The molecule has 0 aliphatic rings. The lowest BCUT2D eigenvalue weighted by atomic mass is 10.0. The van der Waals surface area contributed by atoms with E-state index in [0.29, 0.717) is 19.3 Å². The van der Waals surface area contributed by atoms with Gasteiger partial charge < -0.3 is 20.3 Å². The van der Waals surface area contributed by atoms with Crippen molar-refractivity contribution in [3.63, 3.8) is 0 Å². The van der Waals surface area contributed by atoms with Gasteiger partial charge in [-0.2, -0.15) is 0 Å². The molecule has 0 heterocycles. The van der Waals surface area contributed by atoms with E-state index in [4.69, 9.17) is 4.74 Å². The van der Waals surface area contributed by atoms with Crippen molar-refractivity contribution < 1.29 is 24.5 Å². The molecule has 0 rings (SSSR count). The smallest absolute Gasteiger partial charge is 0.306 e. The second-order valence-corrected chi connectivity index (χ2v) is 16.8. The van der Waals surface area contributed by atoms with Crippen LogP contribution in [0.5, 0.6) is 0 Å². The summed E-state index contributed by atoms with van der Waals surface area (Å²) in [5, 5.41) is 23.7. The van der Waals surface area contributed by atoms with Gasteiger partial charge in [-0.1, -0.05) is 204 Å². The molecule has 0 saturated carbocycles. The number of rotatable bonds is 44. The van der Waals surface area contributed by atoms with Gasteiger partial charge in [0.1, 0.15) is 6.10 Å². The first-order valence-electron chi connectivity index (χ1n) is 25.0. The van der Waals surface area contributed by atoms with Crippen LogP contribution < -0.4 is 5.32 Å². The average molecular weight is 826 g/mol. The third-order valence-electron chi connectivity index (χ3n) is 11.1. The summed E-state index contributed by atoms with van der Waals surface area (Å²) in [6.07, 6.45) is 57.1. The SMILES string of the molecule is CC/C=C/C/C=C/C/C=C/C/C=C/CCCCCC(=O)OC(CCCCC/C=C\CCCC)CC(=O)NC(CO)C(O)CCCCCCCCCCCCCCCCC. The third kappa shape index (κ3) is 42.1. The van der Waals surface area contributed by atoms with E-state index < -0.39 is 18.2 Å². The molecule has 0 saturated heterocycles. The fourth-order valence-electron chi connectivity index (χ4n) is 7.28. The van der Waals surface area contributed by atoms with Gasteiger partial charge in [-0.3, -0.25) is 9.59 Å². The minimum Gasteiger partial charge on any atom is -0.462 e. The summed E-state index contributed by atoms with van der Waals surface area (Å²) in [6, 6.07) is -0.713. The number of hydrogen-bond donors (Lipinski definition) is 3. The van der Waals surface area contributed by atoms with Gasteiger partial charge in [-0.15, -0.1) is 0 Å². The maximum atomic E-state index is 13.1. The zero-order valence-electron chi connectivity index (χ0n) is 38.9. The Hall–Kier alpha value is -2.44. The molecule has 1 amide bonds. The Bertz CT molecular complexity index is 1060. The van der Waals surface area contributed by atoms with Crippen LogP contribution >= 0.6 is 0 Å². The topological polar surface area (TPSA) is 95.9 Å². The lowest BCUT2D eigenvalue weighted by Crippen LogP contribution is -2.46. The van der Waals surface area contributed by atoms with E-state index >= 15 is 0 Å². The molecule has 0 aromatic rings. The molecule has 6 nitrogen and oxygen atoms in total. The van der Waals surface area contributed by atoms with Crippen LogP contribution in [-0.2, 0) is 14.3 Å². The maximum Gasteiger partial charge on any atom is 0.306 e. The number of unbranched alkanes of at least 4 members (excludes halogenated alkanes) is 22. The van der Waals surface area contributed by atoms with E-state index in [-0.39, 0.29) is 24.9 Å². The quantitative estimate of drug-likeness (QED) is 0.0323. The zero-order valence-corrected chi connectivity index (χ0v) is 38.9. The Morgan fingerprint density at radius 1 is 0.508 bits per heavy atom. The standard InChI is InChI=1S/C53H95NO5/c1-4-7-10-13-16-19-21-23-25-27-29-31-34-37-40-43-46-53(58)59-49(44-41-38-35-32-18-15-12-9-6-3)47-52(57)54-50(48-55)51(56)45-42-39-36-33-30-28-26-24-22-20-17-14-11-8-5-2/h7,10,15-16,18-19,23,25,29,31,49-51,55-56H,4-6,8-9,11-14,17,20-22,24,26-28,30,32-48H2,1-3H3,(H,54,57)/b10-7+,18-15-,19-16+,25-23+,31-29+. The highest BCUT2D eigenvalue weighted by molar-refractivity contribution is 5.77. The summed E-state index contributed by atoms with van der Waals surface area (Å²) in [5.74, 6) is -0.529. The van der Waals surface area contributed by atoms with Gasteiger partial charge in [0.15, 0.2) is 0 Å². The normalized spacial score (nSPS) is 13.8. The predicted molar refractivity (Wildman–Crippen MR) is 255 cm³/mol. The van der Waals surface area contributed by atoms with Crippen LogP contribution in [0.1, 0.15) is 239 Å². The van der Waals surface area contributed by atoms with E-state index in [0.717, 1.165) is 103 Å². The summed E-state index contributed by atoms with van der Waals surface area (Å²) in [5.41, 5.74) is 0. The van der Waals surface area contributed by atoms with E-state index in [2.05, 4.69) is 86.8 Å². The van der Waals surface area contributed by atoms with Crippen LogP contribution in [0.25, 0.3) is 0 Å². The van der Waals surface area contributed by atoms with E-state index in [1.807, 2.05) is 0 Å². The largest absolute Gasteiger partial charge is 0.462 e. The van der Waals surface area contributed by atoms with Gasteiger partial charge in [0.05, 0.1) is 25.2 Å². The molecular formula is C53H95NO5. The van der Waals surface area contributed by atoms with Crippen molar-refractivity contribution in [3.8, 4) is 0 Å². The summed E-state index contributed by atoms with van der Waals surface area (Å²) >= 11 is 0. The molecule has 0 aliphatic heterocycles. The van der Waals surface area contributed by atoms with Crippen LogP contribution in [0, 0.1) is 0 Å². The van der Waals surface area contributed by atoms with Gasteiger partial charge in [0.25, 0.3) is 0 Å². The maximum absolute atomic E-state index is 13.1. The predicted octanol–water partition coefficient (Wildman–Crippen LogP) is 14.8. The van der Waals surface area contributed by atoms with Gasteiger partial charge in [0, 0.05) is 6.42 Å².